The molecule has 0 saturated carbocycles. The van der Waals surface area contributed by atoms with Crippen molar-refractivity contribution in [3.63, 3.8) is 0 Å². The number of nitrogens with zero attached hydrogens (tertiary/aromatic N) is 2. The number of rotatable bonds is 6. The van der Waals surface area contributed by atoms with Crippen LogP contribution in [0.25, 0.3) is 0 Å². The van der Waals surface area contributed by atoms with Crippen molar-refractivity contribution < 1.29 is 0 Å². The van der Waals surface area contributed by atoms with E-state index in [0.29, 0.717) is 5.11 Å². The first kappa shape index (κ1) is 14.5. The predicted octanol–water partition coefficient (Wildman–Crippen LogP) is 2.25. The zero-order valence-electron chi connectivity index (χ0n) is 11.7. The second-order valence-corrected chi connectivity index (χ2v) is 5.14. The van der Waals surface area contributed by atoms with Crippen LogP contribution in [0.5, 0.6) is 0 Å². The number of thiocarbonyl (C=S) groups is 1. The Bertz CT molecular complexity index is 536. The van der Waals surface area contributed by atoms with Crippen molar-refractivity contribution >= 4 is 17.3 Å². The first-order valence-corrected chi connectivity index (χ1v) is 7.19. The van der Waals surface area contributed by atoms with Gasteiger partial charge in [-0.1, -0.05) is 30.3 Å². The Kier molecular flexibility index (Phi) is 5.55. The highest BCUT2D eigenvalue weighted by Crippen LogP contribution is 1.97. The fraction of sp³-hybridized carbons (Fsp3) is 0.333. The molecule has 2 N–H and O–H groups in total. The van der Waals surface area contributed by atoms with Crippen LogP contribution in [0.4, 0.5) is 0 Å². The average molecular weight is 288 g/mol. The van der Waals surface area contributed by atoms with Crippen LogP contribution in [0.1, 0.15) is 17.5 Å². The lowest BCUT2D eigenvalue weighted by molar-refractivity contribution is 0.571. The summed E-state index contributed by atoms with van der Waals surface area (Å²) in [5.41, 5.74) is 2.42. The molecule has 106 valence electrons. The molecule has 0 spiro atoms. The summed E-state index contributed by atoms with van der Waals surface area (Å²) in [6.07, 6.45) is 4.92. The fourth-order valence-electron chi connectivity index (χ4n) is 1.87. The maximum absolute atomic E-state index is 5.24. The summed E-state index contributed by atoms with van der Waals surface area (Å²) in [4.78, 5) is 0. The largest absolute Gasteiger partial charge is 0.363 e. The normalized spacial score (nSPS) is 10.2. The number of hydrogen-bond acceptors (Lipinski definition) is 2. The molecule has 1 aromatic carbocycles. The molecule has 5 heteroatoms. The SMILES string of the molecule is Cc1cnn(CCCNC(=S)NCc2ccccc2)c1. The van der Waals surface area contributed by atoms with Crippen LogP contribution < -0.4 is 10.6 Å². The van der Waals surface area contributed by atoms with Gasteiger partial charge in [0.1, 0.15) is 0 Å². The standard InChI is InChI=1S/C15H20N4S/c1-13-10-18-19(12-13)9-5-8-16-15(20)17-11-14-6-3-2-4-7-14/h2-4,6-7,10,12H,5,8-9,11H2,1H3,(H2,16,17,20). The molecule has 1 aromatic heterocycles. The first-order chi connectivity index (χ1) is 9.74. The van der Waals surface area contributed by atoms with Crippen molar-refractivity contribution in [3.05, 3.63) is 53.9 Å². The van der Waals surface area contributed by atoms with Crippen molar-refractivity contribution in [1.82, 2.24) is 20.4 Å². The zero-order valence-corrected chi connectivity index (χ0v) is 12.5. The van der Waals surface area contributed by atoms with Gasteiger partial charge in [-0.05, 0) is 36.7 Å². The highest BCUT2D eigenvalue weighted by atomic mass is 32.1. The summed E-state index contributed by atoms with van der Waals surface area (Å²) in [6.45, 7) is 4.55. The fourth-order valence-corrected chi connectivity index (χ4v) is 2.05. The molecule has 2 aromatic rings. The lowest BCUT2D eigenvalue weighted by Gasteiger charge is -2.10. The Balaban J connectivity index is 1.58. The minimum absolute atomic E-state index is 0.700. The Morgan fingerprint density at radius 2 is 2.05 bits per heavy atom. The van der Waals surface area contributed by atoms with Crippen LogP contribution in [0.2, 0.25) is 0 Å². The molecular formula is C15H20N4S. The van der Waals surface area contributed by atoms with Gasteiger partial charge >= 0.3 is 0 Å². The minimum Gasteiger partial charge on any atom is -0.363 e. The Labute approximate surface area is 125 Å². The van der Waals surface area contributed by atoms with Gasteiger partial charge in [-0.3, -0.25) is 4.68 Å². The molecule has 0 aliphatic rings. The van der Waals surface area contributed by atoms with E-state index in [2.05, 4.69) is 27.9 Å². The van der Waals surface area contributed by atoms with Crippen LogP contribution in [0, 0.1) is 6.92 Å². The highest BCUT2D eigenvalue weighted by Gasteiger charge is 1.97. The van der Waals surface area contributed by atoms with Crippen LogP contribution in [0.3, 0.4) is 0 Å². The second-order valence-electron chi connectivity index (χ2n) is 4.73. The Morgan fingerprint density at radius 3 is 2.75 bits per heavy atom. The summed E-state index contributed by atoms with van der Waals surface area (Å²) < 4.78 is 1.96. The topological polar surface area (TPSA) is 41.9 Å². The van der Waals surface area contributed by atoms with E-state index in [1.165, 1.54) is 11.1 Å². The van der Waals surface area contributed by atoms with Gasteiger partial charge in [-0.15, -0.1) is 0 Å². The van der Waals surface area contributed by atoms with Crippen LogP contribution in [-0.4, -0.2) is 21.4 Å². The molecule has 0 amide bonds. The molecule has 2 rings (SSSR count). The van der Waals surface area contributed by atoms with Crippen molar-refractivity contribution in [2.24, 2.45) is 0 Å². The smallest absolute Gasteiger partial charge is 0.166 e. The molecule has 0 radical (unpaired) electrons. The van der Waals surface area contributed by atoms with Crippen molar-refractivity contribution in [2.45, 2.75) is 26.4 Å². The summed E-state index contributed by atoms with van der Waals surface area (Å²) >= 11 is 5.24. The monoisotopic (exact) mass is 288 g/mol. The molecule has 4 nitrogen and oxygen atoms in total. The van der Waals surface area contributed by atoms with Gasteiger partial charge in [0.25, 0.3) is 0 Å². The molecule has 20 heavy (non-hydrogen) atoms. The molecule has 0 aliphatic heterocycles. The molecule has 0 bridgehead atoms. The number of aryl methyl sites for hydroxylation is 2. The molecule has 1 heterocycles. The third-order valence-electron chi connectivity index (χ3n) is 2.91. The minimum atomic E-state index is 0.700. The molecule has 0 aliphatic carbocycles. The van der Waals surface area contributed by atoms with Gasteiger partial charge in [-0.2, -0.15) is 5.10 Å². The lowest BCUT2D eigenvalue weighted by atomic mass is 10.2. The highest BCUT2D eigenvalue weighted by molar-refractivity contribution is 7.80. The Hall–Kier alpha value is -1.88. The lowest BCUT2D eigenvalue weighted by Crippen LogP contribution is -2.35. The molecule has 0 fully saturated rings. The van der Waals surface area contributed by atoms with Gasteiger partial charge in [-0.25, -0.2) is 0 Å². The molecule has 0 unspecified atom stereocenters. The van der Waals surface area contributed by atoms with Crippen LogP contribution >= 0.6 is 12.2 Å². The van der Waals surface area contributed by atoms with Crippen molar-refractivity contribution in [1.29, 1.82) is 0 Å². The van der Waals surface area contributed by atoms with Crippen molar-refractivity contribution in [2.75, 3.05) is 6.54 Å². The maximum atomic E-state index is 5.24. The summed E-state index contributed by atoms with van der Waals surface area (Å²) in [5, 5.41) is 11.4. The van der Waals surface area contributed by atoms with E-state index in [-0.39, 0.29) is 0 Å². The predicted molar refractivity (Wildman–Crippen MR) is 85.5 cm³/mol. The van der Waals surface area contributed by atoms with Gasteiger partial charge in [0, 0.05) is 25.8 Å². The molecule has 0 atom stereocenters. The Morgan fingerprint density at radius 1 is 1.25 bits per heavy atom. The zero-order chi connectivity index (χ0) is 14.2. The van der Waals surface area contributed by atoms with Gasteiger partial charge in [0.15, 0.2) is 5.11 Å². The van der Waals surface area contributed by atoms with E-state index in [4.69, 9.17) is 12.2 Å². The first-order valence-electron chi connectivity index (χ1n) is 6.79. The summed E-state index contributed by atoms with van der Waals surface area (Å²) in [5.74, 6) is 0. The van der Waals surface area contributed by atoms with Crippen LogP contribution in [-0.2, 0) is 13.1 Å². The third kappa shape index (κ3) is 5.01. The van der Waals surface area contributed by atoms with Gasteiger partial charge in [0.05, 0.1) is 6.20 Å². The summed E-state index contributed by atoms with van der Waals surface area (Å²) in [6, 6.07) is 10.2. The molecular weight excluding hydrogens is 268 g/mol. The number of nitrogens with one attached hydrogen (secondary N) is 2. The van der Waals surface area contributed by atoms with Crippen LogP contribution in [0.15, 0.2) is 42.7 Å². The van der Waals surface area contributed by atoms with Gasteiger partial charge < -0.3 is 10.6 Å². The quantitative estimate of drug-likeness (QED) is 0.632. The number of hydrogen-bond donors (Lipinski definition) is 2. The second kappa shape index (κ2) is 7.65. The van der Waals surface area contributed by atoms with E-state index in [0.717, 1.165) is 26.1 Å². The maximum Gasteiger partial charge on any atom is 0.166 e. The van der Waals surface area contributed by atoms with E-state index in [9.17, 15) is 0 Å². The van der Waals surface area contributed by atoms with E-state index >= 15 is 0 Å². The number of aromatic nitrogens is 2. The van der Waals surface area contributed by atoms with E-state index in [1.807, 2.05) is 42.2 Å². The van der Waals surface area contributed by atoms with Gasteiger partial charge in [0.2, 0.25) is 0 Å². The third-order valence-corrected chi connectivity index (χ3v) is 3.20. The van der Waals surface area contributed by atoms with Crippen molar-refractivity contribution in [3.8, 4) is 0 Å². The van der Waals surface area contributed by atoms with E-state index < -0.39 is 0 Å². The molecule has 0 saturated heterocycles. The average Bonchev–Trinajstić information content (AvgIpc) is 2.88. The van der Waals surface area contributed by atoms with E-state index in [1.54, 1.807) is 0 Å². The number of benzene rings is 1. The summed E-state index contributed by atoms with van der Waals surface area (Å²) in [7, 11) is 0.